The normalized spacial score (nSPS) is 13.5. The number of halogens is 1. The summed E-state index contributed by atoms with van der Waals surface area (Å²) >= 11 is 5.86. The summed E-state index contributed by atoms with van der Waals surface area (Å²) in [6.45, 7) is 1.76. The van der Waals surface area contributed by atoms with Crippen molar-refractivity contribution in [1.29, 1.82) is 0 Å². The van der Waals surface area contributed by atoms with Crippen LogP contribution in [0, 0.1) is 0 Å². The molecule has 0 bridgehead atoms. The highest BCUT2D eigenvalue weighted by Gasteiger charge is 2.21. The molecule has 0 aliphatic rings. The zero-order valence-corrected chi connectivity index (χ0v) is 11.6. The number of anilines is 1. The third-order valence-corrected chi connectivity index (χ3v) is 4.54. The zero-order valence-electron chi connectivity index (χ0n) is 10.1. The van der Waals surface area contributed by atoms with Crippen LogP contribution < -0.4 is 10.5 Å². The lowest BCUT2D eigenvalue weighted by Crippen LogP contribution is -2.35. The van der Waals surface area contributed by atoms with Crippen molar-refractivity contribution in [3.05, 3.63) is 23.2 Å². The van der Waals surface area contributed by atoms with Crippen LogP contribution in [0.25, 0.3) is 0 Å². The number of rotatable bonds is 6. The minimum absolute atomic E-state index is 0.0412. The monoisotopic (exact) mass is 292 g/mol. The Hall–Kier alpha value is -0.820. The maximum Gasteiger partial charge on any atom is 0.242 e. The van der Waals surface area contributed by atoms with Crippen molar-refractivity contribution in [2.45, 2.75) is 30.7 Å². The van der Waals surface area contributed by atoms with E-state index in [1.54, 1.807) is 0 Å². The summed E-state index contributed by atoms with van der Waals surface area (Å²) in [5.41, 5.74) is 5.88. The average molecular weight is 293 g/mol. The van der Waals surface area contributed by atoms with Crippen LogP contribution in [-0.2, 0) is 10.0 Å². The van der Waals surface area contributed by atoms with Crippen molar-refractivity contribution in [3.8, 4) is 0 Å². The molecule has 0 aromatic heterocycles. The summed E-state index contributed by atoms with van der Waals surface area (Å²) in [5.74, 6) is 0. The van der Waals surface area contributed by atoms with Crippen LogP contribution in [0.15, 0.2) is 23.1 Å². The van der Waals surface area contributed by atoms with Gasteiger partial charge in [-0.15, -0.1) is 0 Å². The number of nitrogens with two attached hydrogens (primary N) is 1. The fourth-order valence-corrected chi connectivity index (χ4v) is 3.40. The average Bonchev–Trinajstić information content (AvgIpc) is 2.31. The van der Waals surface area contributed by atoms with E-state index >= 15 is 0 Å². The first-order chi connectivity index (χ1) is 8.40. The smallest absolute Gasteiger partial charge is 0.242 e. The van der Waals surface area contributed by atoms with E-state index in [0.29, 0.717) is 18.5 Å². The summed E-state index contributed by atoms with van der Waals surface area (Å²) in [6.07, 6.45) is 0.940. The standard InChI is InChI=1S/C11H17ClN2O3S/c1-2-9(5-6-15)14-18(16,17)11-7-8(13)3-4-10(11)12/h3-4,7,9,14-15H,2,5-6,13H2,1H3. The molecule has 0 amide bonds. The first kappa shape index (κ1) is 15.2. The van der Waals surface area contributed by atoms with Crippen LogP contribution in [0.2, 0.25) is 5.02 Å². The van der Waals surface area contributed by atoms with Gasteiger partial charge in [0, 0.05) is 18.3 Å². The lowest BCUT2D eigenvalue weighted by molar-refractivity contribution is 0.270. The SMILES string of the molecule is CCC(CCO)NS(=O)(=O)c1cc(N)ccc1Cl. The molecule has 0 saturated heterocycles. The molecule has 0 spiro atoms. The van der Waals surface area contributed by atoms with E-state index in [1.807, 2.05) is 6.92 Å². The van der Waals surface area contributed by atoms with Gasteiger partial charge < -0.3 is 10.8 Å². The van der Waals surface area contributed by atoms with Gasteiger partial charge in [0.25, 0.3) is 0 Å². The molecule has 0 saturated carbocycles. The maximum atomic E-state index is 12.1. The Morgan fingerprint density at radius 2 is 2.17 bits per heavy atom. The van der Waals surface area contributed by atoms with Crippen LogP contribution in [-0.4, -0.2) is 26.2 Å². The predicted octanol–water partition coefficient (Wildman–Crippen LogP) is 1.36. The Labute approximate surface area is 112 Å². The topological polar surface area (TPSA) is 92.4 Å². The molecular formula is C11H17ClN2O3S. The van der Waals surface area contributed by atoms with E-state index in [1.165, 1.54) is 18.2 Å². The van der Waals surface area contributed by atoms with Crippen LogP contribution in [0.1, 0.15) is 19.8 Å². The van der Waals surface area contributed by atoms with Gasteiger partial charge in [0.2, 0.25) is 10.0 Å². The van der Waals surface area contributed by atoms with Gasteiger partial charge >= 0.3 is 0 Å². The van der Waals surface area contributed by atoms with Gasteiger partial charge in [-0.3, -0.25) is 0 Å². The molecule has 0 aliphatic carbocycles. The minimum Gasteiger partial charge on any atom is -0.399 e. The molecule has 0 radical (unpaired) electrons. The quantitative estimate of drug-likeness (QED) is 0.690. The third-order valence-electron chi connectivity index (χ3n) is 2.54. The fraction of sp³-hybridized carbons (Fsp3) is 0.455. The highest BCUT2D eigenvalue weighted by molar-refractivity contribution is 7.89. The molecule has 18 heavy (non-hydrogen) atoms. The first-order valence-corrected chi connectivity index (χ1v) is 7.45. The Bertz CT molecular complexity index is 505. The zero-order chi connectivity index (χ0) is 13.8. The molecule has 1 unspecified atom stereocenters. The first-order valence-electron chi connectivity index (χ1n) is 5.59. The number of hydrogen-bond acceptors (Lipinski definition) is 4. The number of nitrogens with one attached hydrogen (secondary N) is 1. The van der Waals surface area contributed by atoms with Gasteiger partial charge in [0.1, 0.15) is 4.90 Å². The van der Waals surface area contributed by atoms with E-state index < -0.39 is 10.0 Å². The van der Waals surface area contributed by atoms with Crippen LogP contribution >= 0.6 is 11.6 Å². The molecule has 1 rings (SSSR count). The van der Waals surface area contributed by atoms with Gasteiger partial charge in [-0.25, -0.2) is 13.1 Å². The van der Waals surface area contributed by atoms with E-state index in [9.17, 15) is 8.42 Å². The summed E-state index contributed by atoms with van der Waals surface area (Å²) in [4.78, 5) is -0.0412. The molecule has 1 aromatic carbocycles. The number of benzene rings is 1. The molecule has 0 aliphatic heterocycles. The number of aliphatic hydroxyl groups is 1. The number of hydrogen-bond donors (Lipinski definition) is 3. The maximum absolute atomic E-state index is 12.1. The van der Waals surface area contributed by atoms with Crippen molar-refractivity contribution in [1.82, 2.24) is 4.72 Å². The molecule has 5 nitrogen and oxygen atoms in total. The van der Waals surface area contributed by atoms with Crippen molar-refractivity contribution in [3.63, 3.8) is 0 Å². The van der Waals surface area contributed by atoms with E-state index in [2.05, 4.69) is 4.72 Å². The van der Waals surface area contributed by atoms with Gasteiger partial charge in [0.15, 0.2) is 0 Å². The minimum atomic E-state index is -3.72. The highest BCUT2D eigenvalue weighted by atomic mass is 35.5. The Balaban J connectivity index is 3.02. The van der Waals surface area contributed by atoms with Crippen LogP contribution in [0.5, 0.6) is 0 Å². The second-order valence-corrected chi connectivity index (χ2v) is 6.02. The van der Waals surface area contributed by atoms with Gasteiger partial charge in [-0.05, 0) is 31.0 Å². The van der Waals surface area contributed by atoms with Crippen LogP contribution in [0.4, 0.5) is 5.69 Å². The lowest BCUT2D eigenvalue weighted by Gasteiger charge is -2.16. The van der Waals surface area contributed by atoms with Crippen LogP contribution in [0.3, 0.4) is 0 Å². The summed E-state index contributed by atoms with van der Waals surface area (Å²) in [6, 6.07) is 3.97. The van der Waals surface area contributed by atoms with E-state index in [4.69, 9.17) is 22.4 Å². The third kappa shape index (κ3) is 3.84. The largest absolute Gasteiger partial charge is 0.399 e. The van der Waals surface area contributed by atoms with E-state index in [-0.39, 0.29) is 22.6 Å². The molecule has 4 N–H and O–H groups in total. The van der Waals surface area contributed by atoms with Crippen molar-refractivity contribution >= 4 is 27.3 Å². The molecule has 102 valence electrons. The molecule has 1 atom stereocenters. The second-order valence-electron chi connectivity index (χ2n) is 3.93. The van der Waals surface area contributed by atoms with E-state index in [0.717, 1.165) is 0 Å². The summed E-state index contributed by atoms with van der Waals surface area (Å²) < 4.78 is 26.7. The van der Waals surface area contributed by atoms with Gasteiger partial charge in [-0.1, -0.05) is 18.5 Å². The van der Waals surface area contributed by atoms with Gasteiger partial charge in [0.05, 0.1) is 5.02 Å². The lowest BCUT2D eigenvalue weighted by atomic mass is 10.2. The summed E-state index contributed by atoms with van der Waals surface area (Å²) in [7, 11) is -3.72. The van der Waals surface area contributed by atoms with Crippen molar-refractivity contribution in [2.24, 2.45) is 0 Å². The fourth-order valence-electron chi connectivity index (χ4n) is 1.51. The molecule has 0 heterocycles. The molecular weight excluding hydrogens is 276 g/mol. The Morgan fingerprint density at radius 1 is 1.50 bits per heavy atom. The molecule has 1 aromatic rings. The Kier molecular flexibility index (Phi) is 5.40. The number of sulfonamides is 1. The predicted molar refractivity (Wildman–Crippen MR) is 72.0 cm³/mol. The second kappa shape index (κ2) is 6.38. The number of nitrogen functional groups attached to an aromatic ring is 1. The molecule has 7 heteroatoms. The Morgan fingerprint density at radius 3 is 2.72 bits per heavy atom. The highest BCUT2D eigenvalue weighted by Crippen LogP contribution is 2.24. The van der Waals surface area contributed by atoms with Crippen molar-refractivity contribution in [2.75, 3.05) is 12.3 Å². The number of aliphatic hydroxyl groups excluding tert-OH is 1. The van der Waals surface area contributed by atoms with Crippen molar-refractivity contribution < 1.29 is 13.5 Å². The molecule has 0 fully saturated rings. The van der Waals surface area contributed by atoms with Gasteiger partial charge in [-0.2, -0.15) is 0 Å². The summed E-state index contributed by atoms with van der Waals surface area (Å²) in [5, 5.41) is 8.97.